The minimum atomic E-state index is -0.490. The smallest absolute Gasteiger partial charge is 0.410 e. The first-order valence-electron chi connectivity index (χ1n) is 9.08. The number of rotatable bonds is 2. The number of carbonyl (C=O) groups is 1. The minimum Gasteiger partial charge on any atom is -0.444 e. The van der Waals surface area contributed by atoms with E-state index in [0.29, 0.717) is 6.54 Å². The summed E-state index contributed by atoms with van der Waals surface area (Å²) < 4.78 is 11.1. The van der Waals surface area contributed by atoms with Crippen LogP contribution in [0.3, 0.4) is 0 Å². The summed E-state index contributed by atoms with van der Waals surface area (Å²) in [5.74, 6) is 0. The van der Waals surface area contributed by atoms with E-state index in [4.69, 9.17) is 9.47 Å². The fraction of sp³-hybridized carbons (Fsp3) is 0.632. The summed E-state index contributed by atoms with van der Waals surface area (Å²) >= 11 is 0. The van der Waals surface area contributed by atoms with Gasteiger partial charge in [-0.3, -0.25) is 4.90 Å². The van der Waals surface area contributed by atoms with Gasteiger partial charge >= 0.3 is 6.09 Å². The average Bonchev–Trinajstić information content (AvgIpc) is 2.61. The zero-order valence-electron chi connectivity index (χ0n) is 15.5. The van der Waals surface area contributed by atoms with Crippen LogP contribution in [0.25, 0.3) is 0 Å². The van der Waals surface area contributed by atoms with E-state index >= 15 is 0 Å². The molecule has 0 radical (unpaired) electrons. The lowest BCUT2D eigenvalue weighted by Crippen LogP contribution is -2.50. The summed E-state index contributed by atoms with van der Waals surface area (Å²) in [7, 11) is 0. The van der Waals surface area contributed by atoms with Crippen LogP contribution in [0.2, 0.25) is 0 Å². The molecule has 1 aromatic rings. The van der Waals surface area contributed by atoms with Crippen LogP contribution < -0.4 is 10.2 Å². The highest BCUT2D eigenvalue weighted by Gasteiger charge is 2.33. The Balaban J connectivity index is 1.86. The van der Waals surface area contributed by atoms with Gasteiger partial charge < -0.3 is 19.7 Å². The first-order chi connectivity index (χ1) is 12.0. The van der Waals surface area contributed by atoms with Gasteiger partial charge in [-0.05, 0) is 32.4 Å². The molecule has 6 nitrogen and oxygen atoms in total. The zero-order chi connectivity index (χ0) is 17.9. The molecule has 138 valence electrons. The quantitative estimate of drug-likeness (QED) is 0.890. The highest BCUT2D eigenvalue weighted by molar-refractivity contribution is 5.70. The van der Waals surface area contributed by atoms with Crippen molar-refractivity contribution in [1.29, 1.82) is 0 Å². The maximum absolute atomic E-state index is 12.7. The second-order valence-electron chi connectivity index (χ2n) is 7.55. The molecule has 0 spiro atoms. The fourth-order valence-corrected chi connectivity index (χ4v) is 3.38. The van der Waals surface area contributed by atoms with Crippen LogP contribution in [-0.2, 0) is 9.47 Å². The van der Waals surface area contributed by atoms with Gasteiger partial charge in [0.15, 0.2) is 0 Å². The Kier molecular flexibility index (Phi) is 5.49. The Morgan fingerprint density at radius 2 is 1.92 bits per heavy atom. The number of carbonyl (C=O) groups excluding carboxylic acids is 1. The number of para-hydroxylation sites is 1. The Labute approximate surface area is 150 Å². The van der Waals surface area contributed by atoms with E-state index in [-0.39, 0.29) is 12.1 Å². The molecule has 1 unspecified atom stereocenters. The second-order valence-corrected chi connectivity index (χ2v) is 7.55. The lowest BCUT2D eigenvalue weighted by molar-refractivity contribution is 0.0118. The van der Waals surface area contributed by atoms with Crippen molar-refractivity contribution in [2.24, 2.45) is 0 Å². The predicted octanol–water partition coefficient (Wildman–Crippen LogP) is 2.40. The van der Waals surface area contributed by atoms with Gasteiger partial charge in [0.2, 0.25) is 0 Å². The third-order valence-electron chi connectivity index (χ3n) is 4.52. The van der Waals surface area contributed by atoms with E-state index in [2.05, 4.69) is 28.4 Å². The maximum atomic E-state index is 12.7. The SMILES string of the molecule is CC(C)(C)OC(=O)N1CCNCC1c1ccccc1N1CCOCC1. The number of hydrogen-bond acceptors (Lipinski definition) is 5. The third kappa shape index (κ3) is 4.44. The molecule has 2 saturated heterocycles. The van der Waals surface area contributed by atoms with Gasteiger partial charge in [0.05, 0.1) is 19.3 Å². The van der Waals surface area contributed by atoms with Gasteiger partial charge in [0.1, 0.15) is 5.60 Å². The van der Waals surface area contributed by atoms with Gasteiger partial charge in [-0.1, -0.05) is 18.2 Å². The average molecular weight is 347 g/mol. The molecular weight excluding hydrogens is 318 g/mol. The third-order valence-corrected chi connectivity index (χ3v) is 4.52. The van der Waals surface area contributed by atoms with E-state index in [9.17, 15) is 4.79 Å². The monoisotopic (exact) mass is 347 g/mol. The summed E-state index contributed by atoms with van der Waals surface area (Å²) in [6.07, 6.45) is -0.240. The number of hydrogen-bond donors (Lipinski definition) is 1. The largest absolute Gasteiger partial charge is 0.444 e. The van der Waals surface area contributed by atoms with Crippen molar-refractivity contribution in [3.63, 3.8) is 0 Å². The number of nitrogens with zero attached hydrogens (tertiary/aromatic N) is 2. The molecule has 25 heavy (non-hydrogen) atoms. The van der Waals surface area contributed by atoms with Crippen LogP contribution in [0.1, 0.15) is 32.4 Å². The first kappa shape index (κ1) is 18.0. The highest BCUT2D eigenvalue weighted by atomic mass is 16.6. The number of ether oxygens (including phenoxy) is 2. The number of piperazine rings is 1. The molecule has 2 aliphatic rings. The summed E-state index contributed by atoms with van der Waals surface area (Å²) in [6.45, 7) is 11.1. The van der Waals surface area contributed by atoms with Crippen molar-refractivity contribution in [2.75, 3.05) is 50.8 Å². The van der Waals surface area contributed by atoms with Gasteiger partial charge in [0.25, 0.3) is 0 Å². The summed E-state index contributed by atoms with van der Waals surface area (Å²) in [6, 6.07) is 8.34. The van der Waals surface area contributed by atoms with Crippen molar-refractivity contribution >= 4 is 11.8 Å². The van der Waals surface area contributed by atoms with E-state index in [1.165, 1.54) is 11.3 Å². The number of nitrogens with one attached hydrogen (secondary N) is 1. The first-order valence-corrected chi connectivity index (χ1v) is 9.08. The molecule has 6 heteroatoms. The zero-order valence-corrected chi connectivity index (χ0v) is 15.5. The van der Waals surface area contributed by atoms with E-state index < -0.39 is 5.60 Å². The van der Waals surface area contributed by atoms with Gasteiger partial charge in [-0.25, -0.2) is 4.79 Å². The van der Waals surface area contributed by atoms with Crippen molar-refractivity contribution in [3.05, 3.63) is 29.8 Å². The predicted molar refractivity (Wildman–Crippen MR) is 98.0 cm³/mol. The molecular formula is C19H29N3O3. The summed E-state index contributed by atoms with van der Waals surface area (Å²) in [5.41, 5.74) is 1.87. The lowest BCUT2D eigenvalue weighted by atomic mass is 10.0. The molecule has 3 rings (SSSR count). The van der Waals surface area contributed by atoms with Crippen molar-refractivity contribution in [2.45, 2.75) is 32.4 Å². The van der Waals surface area contributed by atoms with Crippen molar-refractivity contribution < 1.29 is 14.3 Å². The molecule has 0 aromatic heterocycles. The minimum absolute atomic E-state index is 0.0253. The van der Waals surface area contributed by atoms with Crippen LogP contribution in [-0.4, -0.2) is 62.5 Å². The molecule has 1 N–H and O–H groups in total. The van der Waals surface area contributed by atoms with Crippen LogP contribution in [0.4, 0.5) is 10.5 Å². The number of benzene rings is 1. The van der Waals surface area contributed by atoms with E-state index in [0.717, 1.165) is 39.4 Å². The Bertz CT molecular complexity index is 594. The van der Waals surface area contributed by atoms with E-state index in [1.54, 1.807) is 0 Å². The normalized spacial score (nSPS) is 22.0. The number of morpholine rings is 1. The molecule has 2 aliphatic heterocycles. The van der Waals surface area contributed by atoms with E-state index in [1.807, 2.05) is 31.7 Å². The number of amides is 1. The summed E-state index contributed by atoms with van der Waals surface area (Å²) in [4.78, 5) is 16.9. The van der Waals surface area contributed by atoms with Crippen molar-refractivity contribution in [3.8, 4) is 0 Å². The van der Waals surface area contributed by atoms with Crippen LogP contribution >= 0.6 is 0 Å². The topological polar surface area (TPSA) is 54.0 Å². The molecule has 2 fully saturated rings. The molecule has 1 aromatic carbocycles. The molecule has 0 saturated carbocycles. The fourth-order valence-electron chi connectivity index (χ4n) is 3.38. The van der Waals surface area contributed by atoms with Gasteiger partial charge in [-0.2, -0.15) is 0 Å². The Morgan fingerprint density at radius 3 is 2.64 bits per heavy atom. The Hall–Kier alpha value is -1.79. The van der Waals surface area contributed by atoms with Crippen LogP contribution in [0, 0.1) is 0 Å². The van der Waals surface area contributed by atoms with Crippen molar-refractivity contribution in [1.82, 2.24) is 10.2 Å². The molecule has 1 atom stereocenters. The van der Waals surface area contributed by atoms with Crippen LogP contribution in [0.15, 0.2) is 24.3 Å². The standard InChI is InChI=1S/C19H29N3O3/c1-19(2,3)25-18(23)22-9-8-20-14-17(22)15-6-4-5-7-16(15)21-10-12-24-13-11-21/h4-7,17,20H,8-14H2,1-3H3. The maximum Gasteiger partial charge on any atom is 0.410 e. The highest BCUT2D eigenvalue weighted by Crippen LogP contribution is 2.32. The molecule has 0 aliphatic carbocycles. The van der Waals surface area contributed by atoms with Gasteiger partial charge in [0, 0.05) is 38.4 Å². The van der Waals surface area contributed by atoms with Gasteiger partial charge in [-0.15, -0.1) is 0 Å². The summed E-state index contributed by atoms with van der Waals surface area (Å²) in [5, 5.41) is 3.42. The van der Waals surface area contributed by atoms with Crippen LogP contribution in [0.5, 0.6) is 0 Å². The molecule has 2 heterocycles. The Morgan fingerprint density at radius 1 is 1.20 bits per heavy atom. The molecule has 1 amide bonds. The second kappa shape index (κ2) is 7.62. The number of anilines is 1. The molecule has 0 bridgehead atoms. The lowest BCUT2D eigenvalue weighted by Gasteiger charge is -2.40.